The summed E-state index contributed by atoms with van der Waals surface area (Å²) in [6, 6.07) is 3.11. The van der Waals surface area contributed by atoms with E-state index in [-0.39, 0.29) is 6.04 Å². The van der Waals surface area contributed by atoms with Crippen LogP contribution in [-0.2, 0) is 6.42 Å². The van der Waals surface area contributed by atoms with E-state index < -0.39 is 0 Å². The fourth-order valence-electron chi connectivity index (χ4n) is 2.36. The van der Waals surface area contributed by atoms with E-state index in [4.69, 9.17) is 5.73 Å². The molecule has 0 aliphatic heterocycles. The summed E-state index contributed by atoms with van der Waals surface area (Å²) in [6.45, 7) is 4.51. The molecule has 1 aliphatic carbocycles. The molecule has 0 saturated heterocycles. The number of nitrogens with two attached hydrogens (primary N) is 1. The summed E-state index contributed by atoms with van der Waals surface area (Å²) in [4.78, 5) is 0. The van der Waals surface area contributed by atoms with E-state index >= 15 is 0 Å². The summed E-state index contributed by atoms with van der Waals surface area (Å²) < 4.78 is 2.41. The predicted molar refractivity (Wildman–Crippen MR) is 59.3 cm³/mol. The van der Waals surface area contributed by atoms with E-state index in [1.54, 1.807) is 0 Å². The van der Waals surface area contributed by atoms with E-state index in [0.717, 1.165) is 6.42 Å². The fourth-order valence-corrected chi connectivity index (χ4v) is 2.36. The molecule has 0 bridgehead atoms. The third-order valence-corrected chi connectivity index (χ3v) is 3.45. The van der Waals surface area contributed by atoms with Gasteiger partial charge in [0.25, 0.3) is 0 Å². The van der Waals surface area contributed by atoms with Crippen molar-refractivity contribution in [2.75, 3.05) is 0 Å². The summed E-state index contributed by atoms with van der Waals surface area (Å²) in [7, 11) is 0. The highest BCUT2D eigenvalue weighted by Crippen LogP contribution is 2.30. The molecule has 0 spiro atoms. The second-order valence-corrected chi connectivity index (χ2v) is 4.38. The molecule has 2 heteroatoms. The van der Waals surface area contributed by atoms with Crippen LogP contribution in [0.25, 0.3) is 0 Å². The minimum atomic E-state index is 0.282. The van der Waals surface area contributed by atoms with Crippen LogP contribution in [-0.4, -0.2) is 4.57 Å². The number of fused-ring (bicyclic) bond motifs is 1. The summed E-state index contributed by atoms with van der Waals surface area (Å²) >= 11 is 0. The van der Waals surface area contributed by atoms with Crippen LogP contribution >= 0.6 is 0 Å². The van der Waals surface area contributed by atoms with Crippen LogP contribution in [0.15, 0.2) is 12.3 Å². The lowest BCUT2D eigenvalue weighted by Gasteiger charge is -2.23. The van der Waals surface area contributed by atoms with Gasteiger partial charge >= 0.3 is 0 Å². The van der Waals surface area contributed by atoms with Crippen molar-refractivity contribution in [3.05, 3.63) is 23.5 Å². The van der Waals surface area contributed by atoms with Gasteiger partial charge in [-0.25, -0.2) is 0 Å². The molecule has 1 heterocycles. The normalized spacial score (nSPS) is 23.2. The first kappa shape index (κ1) is 9.78. The zero-order chi connectivity index (χ0) is 10.1. The maximum atomic E-state index is 6.09. The van der Waals surface area contributed by atoms with Crippen LogP contribution in [0.4, 0.5) is 0 Å². The van der Waals surface area contributed by atoms with Crippen LogP contribution in [0.2, 0.25) is 0 Å². The first-order valence-electron chi connectivity index (χ1n) is 5.69. The van der Waals surface area contributed by atoms with Crippen LogP contribution in [0.1, 0.15) is 56.5 Å². The third-order valence-electron chi connectivity index (χ3n) is 3.45. The van der Waals surface area contributed by atoms with Crippen molar-refractivity contribution in [2.45, 2.75) is 51.6 Å². The van der Waals surface area contributed by atoms with Crippen molar-refractivity contribution in [2.24, 2.45) is 5.73 Å². The Morgan fingerprint density at radius 2 is 2.43 bits per heavy atom. The first-order chi connectivity index (χ1) is 6.74. The lowest BCUT2D eigenvalue weighted by molar-refractivity contribution is 0.482. The molecular formula is C12H20N2. The van der Waals surface area contributed by atoms with E-state index in [1.807, 2.05) is 0 Å². The SMILES string of the molecule is CCC(C)n1ccc2c1CCCC2N. The quantitative estimate of drug-likeness (QED) is 0.767. The van der Waals surface area contributed by atoms with Gasteiger partial charge in [0.1, 0.15) is 0 Å². The molecular weight excluding hydrogens is 172 g/mol. The number of hydrogen-bond donors (Lipinski definition) is 1. The van der Waals surface area contributed by atoms with E-state index in [9.17, 15) is 0 Å². The molecule has 1 aliphatic rings. The summed E-state index contributed by atoms with van der Waals surface area (Å²) in [5.41, 5.74) is 8.96. The Bertz CT molecular complexity index is 314. The second kappa shape index (κ2) is 3.77. The summed E-state index contributed by atoms with van der Waals surface area (Å²) in [5, 5.41) is 0. The molecule has 0 amide bonds. The minimum Gasteiger partial charge on any atom is -0.348 e. The Kier molecular flexibility index (Phi) is 2.64. The molecule has 0 aromatic carbocycles. The smallest absolute Gasteiger partial charge is 0.0312 e. The zero-order valence-electron chi connectivity index (χ0n) is 9.16. The average molecular weight is 192 g/mol. The average Bonchev–Trinajstić information content (AvgIpc) is 2.62. The van der Waals surface area contributed by atoms with Gasteiger partial charge in [-0.05, 0) is 44.2 Å². The van der Waals surface area contributed by atoms with Crippen LogP contribution in [0.5, 0.6) is 0 Å². The number of aromatic nitrogens is 1. The third kappa shape index (κ3) is 1.48. The number of nitrogens with zero attached hydrogens (tertiary/aromatic N) is 1. The van der Waals surface area contributed by atoms with Gasteiger partial charge < -0.3 is 10.3 Å². The standard InChI is InChI=1S/C12H20N2/c1-3-9(2)14-8-7-10-11(13)5-4-6-12(10)14/h7-9,11H,3-6,13H2,1-2H3. The van der Waals surface area contributed by atoms with Crippen molar-refractivity contribution in [1.29, 1.82) is 0 Å². The van der Waals surface area contributed by atoms with E-state index in [0.29, 0.717) is 6.04 Å². The van der Waals surface area contributed by atoms with Gasteiger partial charge in [-0.3, -0.25) is 0 Å². The molecule has 1 aromatic rings. The lowest BCUT2D eigenvalue weighted by atomic mass is 9.93. The first-order valence-corrected chi connectivity index (χ1v) is 5.69. The van der Waals surface area contributed by atoms with Gasteiger partial charge in [0.15, 0.2) is 0 Å². The van der Waals surface area contributed by atoms with Crippen LogP contribution < -0.4 is 5.73 Å². The number of rotatable bonds is 2. The Hall–Kier alpha value is -0.760. The molecule has 78 valence electrons. The molecule has 2 N–H and O–H groups in total. The minimum absolute atomic E-state index is 0.282. The fraction of sp³-hybridized carbons (Fsp3) is 0.667. The van der Waals surface area contributed by atoms with Crippen LogP contribution in [0.3, 0.4) is 0 Å². The predicted octanol–water partition coefficient (Wildman–Crippen LogP) is 2.80. The van der Waals surface area contributed by atoms with E-state index in [2.05, 4.69) is 30.7 Å². The Labute approximate surface area is 86.1 Å². The largest absolute Gasteiger partial charge is 0.348 e. The molecule has 14 heavy (non-hydrogen) atoms. The maximum Gasteiger partial charge on any atom is 0.0312 e. The highest BCUT2D eigenvalue weighted by atomic mass is 15.0. The van der Waals surface area contributed by atoms with Crippen molar-refractivity contribution in [1.82, 2.24) is 4.57 Å². The molecule has 2 atom stereocenters. The Morgan fingerprint density at radius 3 is 3.14 bits per heavy atom. The van der Waals surface area contributed by atoms with Crippen LogP contribution in [0, 0.1) is 0 Å². The highest BCUT2D eigenvalue weighted by molar-refractivity contribution is 5.28. The zero-order valence-corrected chi connectivity index (χ0v) is 9.16. The van der Waals surface area contributed by atoms with Crippen molar-refractivity contribution < 1.29 is 0 Å². The van der Waals surface area contributed by atoms with Crippen molar-refractivity contribution in [3.8, 4) is 0 Å². The van der Waals surface area contributed by atoms with Gasteiger partial charge in [0.05, 0.1) is 0 Å². The number of hydrogen-bond acceptors (Lipinski definition) is 1. The Balaban J connectivity index is 2.35. The molecule has 0 radical (unpaired) electrons. The molecule has 0 saturated carbocycles. The molecule has 2 unspecified atom stereocenters. The summed E-state index contributed by atoms with van der Waals surface area (Å²) in [6.07, 6.45) is 7.01. The highest BCUT2D eigenvalue weighted by Gasteiger charge is 2.21. The maximum absolute atomic E-state index is 6.09. The van der Waals surface area contributed by atoms with Crippen molar-refractivity contribution >= 4 is 0 Å². The van der Waals surface area contributed by atoms with E-state index in [1.165, 1.54) is 30.5 Å². The summed E-state index contributed by atoms with van der Waals surface area (Å²) in [5.74, 6) is 0. The van der Waals surface area contributed by atoms with Crippen molar-refractivity contribution in [3.63, 3.8) is 0 Å². The molecule has 1 aromatic heterocycles. The van der Waals surface area contributed by atoms with Gasteiger partial charge in [0, 0.05) is 24.0 Å². The molecule has 0 fully saturated rings. The molecule has 2 rings (SSSR count). The monoisotopic (exact) mass is 192 g/mol. The van der Waals surface area contributed by atoms with Gasteiger partial charge in [-0.15, -0.1) is 0 Å². The van der Waals surface area contributed by atoms with Gasteiger partial charge in [0.2, 0.25) is 0 Å². The lowest BCUT2D eigenvalue weighted by Crippen LogP contribution is -2.19. The second-order valence-electron chi connectivity index (χ2n) is 4.38. The van der Waals surface area contributed by atoms with Gasteiger partial charge in [-0.2, -0.15) is 0 Å². The molecule has 2 nitrogen and oxygen atoms in total. The van der Waals surface area contributed by atoms with Gasteiger partial charge in [-0.1, -0.05) is 6.92 Å². The Morgan fingerprint density at radius 1 is 1.64 bits per heavy atom. The topological polar surface area (TPSA) is 30.9 Å².